The Morgan fingerprint density at radius 2 is 1.95 bits per heavy atom. The smallest absolute Gasteiger partial charge is 0.389 e. The van der Waals surface area contributed by atoms with E-state index in [1.54, 1.807) is 4.90 Å². The van der Waals surface area contributed by atoms with Gasteiger partial charge in [0.15, 0.2) is 5.82 Å². The molecule has 0 bridgehead atoms. The Morgan fingerprint density at radius 3 is 2.63 bits per heavy atom. The zero-order valence-electron chi connectivity index (χ0n) is 21.2. The summed E-state index contributed by atoms with van der Waals surface area (Å²) in [6, 6.07) is 1.39. The molecule has 11 nitrogen and oxygen atoms in total. The lowest BCUT2D eigenvalue weighted by atomic mass is 10.1. The Labute approximate surface area is 220 Å². The number of nitrogens with one attached hydrogen (secondary N) is 1. The van der Waals surface area contributed by atoms with Gasteiger partial charge >= 0.3 is 6.18 Å². The summed E-state index contributed by atoms with van der Waals surface area (Å²) >= 11 is 1.53. The van der Waals surface area contributed by atoms with Gasteiger partial charge in [-0.3, -0.25) is 4.79 Å². The van der Waals surface area contributed by atoms with Crippen molar-refractivity contribution in [2.45, 2.75) is 70.6 Å². The Morgan fingerprint density at radius 1 is 1.18 bits per heavy atom. The summed E-state index contributed by atoms with van der Waals surface area (Å²) in [5.74, 6) is -0.485. The summed E-state index contributed by atoms with van der Waals surface area (Å²) in [5.41, 5.74) is -1.59. The van der Waals surface area contributed by atoms with E-state index in [0.29, 0.717) is 11.8 Å². The molecule has 5 rings (SSSR count). The molecule has 2 aliphatic heterocycles. The number of alkyl halides is 3. The number of aryl methyl sites for hydroxylation is 1. The number of thiophene rings is 1. The van der Waals surface area contributed by atoms with E-state index < -0.39 is 35.7 Å². The number of aromatic nitrogens is 5. The van der Waals surface area contributed by atoms with Crippen LogP contribution in [0.2, 0.25) is 0 Å². The largest absolute Gasteiger partial charge is 0.451 e. The third-order valence-electron chi connectivity index (χ3n) is 6.66. The molecule has 0 spiro atoms. The molecular formula is C23H29F3N8O3S. The standard InChI is InChI=1S/C23H29F3N8O3S/c1-4-5-12-8-13-17(32-6-7-34-16(11-32)30-31-19(34)23(24,25)26)28-21(29-18(13)38-12)33-9-14(15(35)10-33)27-20(36)22(2,3)37/h8,14-15,35,37H,4-7,9-11H2,1-3H3,(H,27,36). The predicted octanol–water partition coefficient (Wildman–Crippen LogP) is 1.71. The number of hydrogen-bond acceptors (Lipinski definition) is 10. The molecule has 0 aromatic carbocycles. The van der Waals surface area contributed by atoms with E-state index in [4.69, 9.17) is 9.97 Å². The van der Waals surface area contributed by atoms with Crippen molar-refractivity contribution in [3.05, 3.63) is 22.6 Å². The molecular weight excluding hydrogens is 525 g/mol. The molecule has 0 radical (unpaired) electrons. The molecule has 2 aliphatic rings. The molecule has 5 heterocycles. The van der Waals surface area contributed by atoms with Crippen LogP contribution in [0.4, 0.5) is 24.9 Å². The normalized spacial score (nSPS) is 20.3. The minimum Gasteiger partial charge on any atom is -0.389 e. The van der Waals surface area contributed by atoms with Crippen LogP contribution in [-0.2, 0) is 30.5 Å². The van der Waals surface area contributed by atoms with Crippen LogP contribution in [0.15, 0.2) is 6.07 Å². The summed E-state index contributed by atoms with van der Waals surface area (Å²) in [6.07, 6.45) is -3.70. The lowest BCUT2D eigenvalue weighted by Crippen LogP contribution is -2.50. The minimum atomic E-state index is -4.58. The number of halogens is 3. The lowest BCUT2D eigenvalue weighted by Gasteiger charge is -2.30. The molecule has 3 N–H and O–H groups in total. The Balaban J connectivity index is 1.47. The SMILES string of the molecule is CCCc1cc2c(N3CCn4c(nnc4C(F)(F)F)C3)nc(N3CC(O)C(NC(=O)C(C)(C)O)C3)nc2s1. The van der Waals surface area contributed by atoms with Gasteiger partial charge in [-0.05, 0) is 26.3 Å². The third-order valence-corrected chi connectivity index (χ3v) is 7.75. The van der Waals surface area contributed by atoms with Crippen LogP contribution in [-0.4, -0.2) is 78.2 Å². The van der Waals surface area contributed by atoms with Crippen molar-refractivity contribution in [3.63, 3.8) is 0 Å². The average Bonchev–Trinajstić information content (AvgIpc) is 3.53. The second-order valence-electron chi connectivity index (χ2n) is 10.2. The van der Waals surface area contributed by atoms with Gasteiger partial charge in [-0.1, -0.05) is 13.3 Å². The zero-order chi connectivity index (χ0) is 27.4. The molecule has 0 aliphatic carbocycles. The zero-order valence-corrected chi connectivity index (χ0v) is 22.0. The van der Waals surface area contributed by atoms with Crippen LogP contribution in [0.3, 0.4) is 0 Å². The van der Waals surface area contributed by atoms with Crippen molar-refractivity contribution in [1.29, 1.82) is 0 Å². The van der Waals surface area contributed by atoms with Crippen LogP contribution in [0.5, 0.6) is 0 Å². The van der Waals surface area contributed by atoms with Crippen LogP contribution in [0, 0.1) is 0 Å². The highest BCUT2D eigenvalue weighted by Crippen LogP contribution is 2.36. The number of anilines is 2. The predicted molar refractivity (Wildman–Crippen MR) is 134 cm³/mol. The first kappa shape index (κ1) is 26.6. The van der Waals surface area contributed by atoms with Gasteiger partial charge in [0.25, 0.3) is 5.91 Å². The quantitative estimate of drug-likeness (QED) is 0.417. The molecule has 1 fully saturated rings. The third kappa shape index (κ3) is 5.01. The maximum atomic E-state index is 13.3. The van der Waals surface area contributed by atoms with Gasteiger partial charge in [-0.15, -0.1) is 21.5 Å². The monoisotopic (exact) mass is 554 g/mol. The van der Waals surface area contributed by atoms with E-state index in [0.717, 1.165) is 32.5 Å². The van der Waals surface area contributed by atoms with Gasteiger partial charge in [-0.25, -0.2) is 4.98 Å². The first-order chi connectivity index (χ1) is 17.8. The van der Waals surface area contributed by atoms with E-state index >= 15 is 0 Å². The van der Waals surface area contributed by atoms with Crippen molar-refractivity contribution in [2.75, 3.05) is 29.4 Å². The number of carbonyl (C=O) groups is 1. The summed E-state index contributed by atoms with van der Waals surface area (Å²) in [5, 5.41) is 31.2. The Hall–Kier alpha value is -3.04. The van der Waals surface area contributed by atoms with Crippen LogP contribution in [0.25, 0.3) is 10.2 Å². The minimum absolute atomic E-state index is 0.0530. The summed E-state index contributed by atoms with van der Waals surface area (Å²) < 4.78 is 41.1. The fourth-order valence-electron chi connectivity index (χ4n) is 4.68. The van der Waals surface area contributed by atoms with Crippen LogP contribution < -0.4 is 15.1 Å². The molecule has 15 heteroatoms. The lowest BCUT2D eigenvalue weighted by molar-refractivity contribution is -0.147. The second kappa shape index (κ2) is 9.61. The maximum Gasteiger partial charge on any atom is 0.451 e. The molecule has 38 heavy (non-hydrogen) atoms. The van der Waals surface area contributed by atoms with E-state index in [1.165, 1.54) is 25.2 Å². The van der Waals surface area contributed by atoms with Crippen LogP contribution in [0.1, 0.15) is 43.7 Å². The van der Waals surface area contributed by atoms with Crippen molar-refractivity contribution in [3.8, 4) is 0 Å². The highest BCUT2D eigenvalue weighted by Gasteiger charge is 2.40. The van der Waals surface area contributed by atoms with E-state index in [2.05, 4.69) is 22.4 Å². The fourth-order valence-corrected chi connectivity index (χ4v) is 5.80. The molecule has 3 aromatic rings. The van der Waals surface area contributed by atoms with Gasteiger partial charge < -0.3 is 29.9 Å². The van der Waals surface area contributed by atoms with E-state index in [1.807, 2.05) is 11.0 Å². The molecule has 2 unspecified atom stereocenters. The number of nitrogens with zero attached hydrogens (tertiary/aromatic N) is 7. The van der Waals surface area contributed by atoms with Crippen molar-refractivity contribution < 1.29 is 28.2 Å². The van der Waals surface area contributed by atoms with Gasteiger partial charge in [0.2, 0.25) is 11.8 Å². The molecule has 3 aromatic heterocycles. The highest BCUT2D eigenvalue weighted by molar-refractivity contribution is 7.18. The number of amides is 1. The highest BCUT2D eigenvalue weighted by atomic mass is 32.1. The van der Waals surface area contributed by atoms with E-state index in [-0.39, 0.29) is 38.5 Å². The molecule has 206 valence electrons. The first-order valence-corrected chi connectivity index (χ1v) is 13.2. The number of rotatable bonds is 6. The van der Waals surface area contributed by atoms with Gasteiger partial charge in [0.05, 0.1) is 24.1 Å². The van der Waals surface area contributed by atoms with Gasteiger partial charge in [0, 0.05) is 31.1 Å². The Kier molecular flexibility index (Phi) is 6.72. The number of β-amino-alcohol motifs (C(OH)–C–C–N with tert-alkyl or cyclic N) is 1. The number of aliphatic hydroxyl groups is 2. The number of hydrogen-bond donors (Lipinski definition) is 3. The average molecular weight is 555 g/mol. The van der Waals surface area contributed by atoms with Gasteiger partial charge in [-0.2, -0.15) is 18.2 Å². The van der Waals surface area contributed by atoms with Crippen molar-refractivity contribution >= 4 is 39.2 Å². The molecule has 1 amide bonds. The summed E-state index contributed by atoms with van der Waals surface area (Å²) in [6.45, 7) is 5.62. The van der Waals surface area contributed by atoms with Crippen molar-refractivity contribution in [2.24, 2.45) is 0 Å². The number of carbonyl (C=O) groups excluding carboxylic acids is 1. The summed E-state index contributed by atoms with van der Waals surface area (Å²) in [7, 11) is 0. The number of fused-ring (bicyclic) bond motifs is 2. The van der Waals surface area contributed by atoms with Crippen molar-refractivity contribution in [1.82, 2.24) is 30.0 Å². The van der Waals surface area contributed by atoms with E-state index in [9.17, 15) is 28.2 Å². The molecule has 1 saturated heterocycles. The molecule has 2 atom stereocenters. The maximum absolute atomic E-state index is 13.3. The Bertz CT molecular complexity index is 1350. The summed E-state index contributed by atoms with van der Waals surface area (Å²) in [4.78, 5) is 27.3. The second-order valence-corrected chi connectivity index (χ2v) is 11.3. The van der Waals surface area contributed by atoms with Crippen LogP contribution >= 0.6 is 11.3 Å². The fraction of sp³-hybridized carbons (Fsp3) is 0.609. The van der Waals surface area contributed by atoms with Gasteiger partial charge in [0.1, 0.15) is 16.2 Å². The number of aliphatic hydroxyl groups excluding tert-OH is 1. The molecule has 0 saturated carbocycles. The topological polar surface area (TPSA) is 133 Å². The first-order valence-electron chi connectivity index (χ1n) is 12.4.